The van der Waals surface area contributed by atoms with Crippen LogP contribution in [0.3, 0.4) is 0 Å². The molecule has 0 unspecified atom stereocenters. The number of nitriles is 1. The van der Waals surface area contributed by atoms with Crippen LogP contribution in [-0.4, -0.2) is 50.7 Å². The Morgan fingerprint density at radius 3 is 2.09 bits per heavy atom. The van der Waals surface area contributed by atoms with Crippen molar-refractivity contribution in [1.29, 1.82) is 5.26 Å². The van der Waals surface area contributed by atoms with Gasteiger partial charge in [-0.15, -0.1) is 12.4 Å². The summed E-state index contributed by atoms with van der Waals surface area (Å²) in [6.45, 7) is 20.1. The number of piperazine rings is 1. The fourth-order valence-electron chi connectivity index (χ4n) is 7.21. The quantitative estimate of drug-likeness (QED) is 0.463. The van der Waals surface area contributed by atoms with E-state index < -0.39 is 0 Å². The monoisotopic (exact) mass is 486 g/mol. The van der Waals surface area contributed by atoms with Crippen molar-refractivity contribution in [2.75, 3.05) is 55.6 Å². The Kier molecular flexibility index (Phi) is 8.85. The van der Waals surface area contributed by atoms with Gasteiger partial charge < -0.3 is 9.80 Å². The molecule has 4 rings (SSSR count). The van der Waals surface area contributed by atoms with Gasteiger partial charge in [0.15, 0.2) is 0 Å². The minimum Gasteiger partial charge on any atom is -0.371 e. The van der Waals surface area contributed by atoms with Crippen molar-refractivity contribution in [3.05, 3.63) is 23.8 Å². The van der Waals surface area contributed by atoms with E-state index in [-0.39, 0.29) is 18.3 Å². The average Bonchev–Trinajstić information content (AvgIpc) is 2.77. The summed E-state index contributed by atoms with van der Waals surface area (Å²) < 4.78 is 0. The third kappa shape index (κ3) is 6.41. The van der Waals surface area contributed by atoms with Crippen molar-refractivity contribution in [3.63, 3.8) is 0 Å². The van der Waals surface area contributed by atoms with Crippen LogP contribution < -0.4 is 9.80 Å². The number of hydrogen-bond donors (Lipinski definition) is 0. The minimum atomic E-state index is 0. The van der Waals surface area contributed by atoms with Crippen LogP contribution in [0.1, 0.15) is 84.6 Å². The molecule has 1 aromatic carbocycles. The molecular weight excluding hydrogens is 440 g/mol. The van der Waals surface area contributed by atoms with Gasteiger partial charge in [0.2, 0.25) is 0 Å². The van der Waals surface area contributed by atoms with E-state index in [1.54, 1.807) is 5.56 Å². The molecular formula is C29H47ClN4. The van der Waals surface area contributed by atoms with Crippen molar-refractivity contribution in [2.45, 2.75) is 79.1 Å². The summed E-state index contributed by atoms with van der Waals surface area (Å²) in [4.78, 5) is 7.82. The highest BCUT2D eigenvalue weighted by Crippen LogP contribution is 2.53. The normalized spacial score (nSPS) is 23.9. The van der Waals surface area contributed by atoms with E-state index in [1.165, 1.54) is 56.7 Å². The zero-order valence-electron chi connectivity index (χ0n) is 22.3. The lowest BCUT2D eigenvalue weighted by Gasteiger charge is -2.46. The Balaban J connectivity index is 0.00000324. The molecule has 3 aliphatic rings. The van der Waals surface area contributed by atoms with Crippen LogP contribution in [-0.2, 0) is 0 Å². The molecule has 0 bridgehead atoms. The zero-order chi connectivity index (χ0) is 23.6. The summed E-state index contributed by atoms with van der Waals surface area (Å²) in [5, 5.41) is 9.32. The largest absolute Gasteiger partial charge is 0.371 e. The maximum Gasteiger partial charge on any atom is 0.0657 e. The highest BCUT2D eigenvalue weighted by molar-refractivity contribution is 5.85. The smallest absolute Gasteiger partial charge is 0.0657 e. The Bertz CT molecular complexity index is 826. The first-order valence-corrected chi connectivity index (χ1v) is 13.5. The highest BCUT2D eigenvalue weighted by atomic mass is 35.5. The number of anilines is 2. The zero-order valence-corrected chi connectivity index (χ0v) is 23.1. The van der Waals surface area contributed by atoms with E-state index in [2.05, 4.69) is 73.6 Å². The number of nitrogens with zero attached hydrogens (tertiary/aromatic N) is 4. The van der Waals surface area contributed by atoms with Gasteiger partial charge in [0.1, 0.15) is 0 Å². The molecule has 0 radical (unpaired) electrons. The van der Waals surface area contributed by atoms with Gasteiger partial charge in [-0.05, 0) is 85.6 Å². The van der Waals surface area contributed by atoms with Crippen LogP contribution in [0.5, 0.6) is 0 Å². The lowest BCUT2D eigenvalue weighted by Crippen LogP contribution is -2.47. The summed E-state index contributed by atoms with van der Waals surface area (Å²) in [7, 11) is 0. The molecule has 0 spiro atoms. The van der Waals surface area contributed by atoms with Gasteiger partial charge in [-0.1, -0.05) is 34.6 Å². The molecule has 0 aromatic heterocycles. The van der Waals surface area contributed by atoms with Crippen LogP contribution in [0.4, 0.5) is 11.4 Å². The molecule has 1 aliphatic carbocycles. The van der Waals surface area contributed by atoms with Gasteiger partial charge in [-0.3, -0.25) is 4.90 Å². The molecule has 0 atom stereocenters. The SMILES string of the molecule is CCCN1CCN(c2ccc(N3CCC(C#N)CC3)cc2C2CC(C)(C)CC(C)(C)C2)CC1.Cl. The van der Waals surface area contributed by atoms with Crippen LogP contribution >= 0.6 is 12.4 Å². The highest BCUT2D eigenvalue weighted by Gasteiger charge is 2.40. The van der Waals surface area contributed by atoms with Crippen LogP contribution in [0.25, 0.3) is 0 Å². The lowest BCUT2D eigenvalue weighted by molar-refractivity contribution is 0.0970. The summed E-state index contributed by atoms with van der Waals surface area (Å²) in [6.07, 6.45) is 7.10. The summed E-state index contributed by atoms with van der Waals surface area (Å²) >= 11 is 0. The molecule has 2 saturated heterocycles. The van der Waals surface area contributed by atoms with Gasteiger partial charge in [0.05, 0.1) is 6.07 Å². The number of hydrogen-bond acceptors (Lipinski definition) is 4. The average molecular weight is 487 g/mol. The van der Waals surface area contributed by atoms with Crippen LogP contribution in [0, 0.1) is 28.1 Å². The molecule has 5 heteroatoms. The molecule has 4 nitrogen and oxygen atoms in total. The van der Waals surface area contributed by atoms with Crippen molar-refractivity contribution in [1.82, 2.24) is 4.90 Å². The molecule has 190 valence electrons. The molecule has 34 heavy (non-hydrogen) atoms. The summed E-state index contributed by atoms with van der Waals surface area (Å²) in [5.74, 6) is 0.850. The Labute approximate surface area is 215 Å². The van der Waals surface area contributed by atoms with Crippen LogP contribution in [0.2, 0.25) is 0 Å². The maximum atomic E-state index is 9.32. The van der Waals surface area contributed by atoms with Gasteiger partial charge in [0, 0.05) is 56.6 Å². The van der Waals surface area contributed by atoms with Gasteiger partial charge in [0.25, 0.3) is 0 Å². The Hall–Kier alpha value is -1.44. The van der Waals surface area contributed by atoms with E-state index in [4.69, 9.17) is 0 Å². The number of halogens is 1. The fraction of sp³-hybridized carbons (Fsp3) is 0.759. The number of piperidine rings is 1. The van der Waals surface area contributed by atoms with Gasteiger partial charge in [-0.2, -0.15) is 5.26 Å². The van der Waals surface area contributed by atoms with E-state index in [0.29, 0.717) is 16.7 Å². The lowest BCUT2D eigenvalue weighted by atomic mass is 9.60. The van der Waals surface area contributed by atoms with Crippen molar-refractivity contribution in [3.8, 4) is 6.07 Å². The summed E-state index contributed by atoms with van der Waals surface area (Å²) in [5.41, 5.74) is 5.20. The second-order valence-corrected chi connectivity index (χ2v) is 12.6. The van der Waals surface area contributed by atoms with Crippen molar-refractivity contribution >= 4 is 23.8 Å². The minimum absolute atomic E-state index is 0. The third-order valence-corrected chi connectivity index (χ3v) is 8.30. The molecule has 2 heterocycles. The Morgan fingerprint density at radius 1 is 0.912 bits per heavy atom. The first-order valence-electron chi connectivity index (χ1n) is 13.5. The van der Waals surface area contributed by atoms with E-state index in [9.17, 15) is 5.26 Å². The summed E-state index contributed by atoms with van der Waals surface area (Å²) in [6, 6.07) is 9.83. The molecule has 0 amide bonds. The van der Waals surface area contributed by atoms with Gasteiger partial charge >= 0.3 is 0 Å². The van der Waals surface area contributed by atoms with Crippen molar-refractivity contribution in [2.24, 2.45) is 16.7 Å². The molecule has 2 aliphatic heterocycles. The van der Waals surface area contributed by atoms with Gasteiger partial charge in [-0.25, -0.2) is 0 Å². The predicted octanol–water partition coefficient (Wildman–Crippen LogP) is 6.70. The first-order chi connectivity index (χ1) is 15.7. The molecule has 0 N–H and O–H groups in total. The maximum absolute atomic E-state index is 9.32. The first kappa shape index (κ1) is 27.2. The predicted molar refractivity (Wildman–Crippen MR) is 147 cm³/mol. The molecule has 3 fully saturated rings. The standard InChI is InChI=1S/C29H46N4.ClH/c1-6-11-31-14-16-33(17-15-31)27-8-7-25(32-12-9-23(21-30)10-13-32)18-26(27)24-19-28(2,3)22-29(4,5)20-24;/h7-8,18,23-24H,6,9-17,19-20,22H2,1-5H3;1H. The Morgan fingerprint density at radius 2 is 1.53 bits per heavy atom. The third-order valence-electron chi connectivity index (χ3n) is 8.30. The number of rotatable bonds is 5. The number of benzene rings is 1. The van der Waals surface area contributed by atoms with Crippen molar-refractivity contribution < 1.29 is 0 Å². The van der Waals surface area contributed by atoms with E-state index in [0.717, 1.165) is 39.0 Å². The van der Waals surface area contributed by atoms with E-state index >= 15 is 0 Å². The van der Waals surface area contributed by atoms with Crippen LogP contribution in [0.15, 0.2) is 18.2 Å². The fourth-order valence-corrected chi connectivity index (χ4v) is 7.21. The topological polar surface area (TPSA) is 33.5 Å². The molecule has 1 aromatic rings. The second kappa shape index (κ2) is 11.1. The second-order valence-electron chi connectivity index (χ2n) is 12.6. The van der Waals surface area contributed by atoms with E-state index in [1.807, 2.05) is 0 Å². The molecule has 1 saturated carbocycles.